The summed E-state index contributed by atoms with van der Waals surface area (Å²) in [6.07, 6.45) is 4.57. The van der Waals surface area contributed by atoms with Gasteiger partial charge in [0, 0.05) is 24.2 Å². The van der Waals surface area contributed by atoms with Crippen molar-refractivity contribution in [2.45, 2.75) is 33.2 Å². The van der Waals surface area contributed by atoms with Gasteiger partial charge in [-0.05, 0) is 37.1 Å². The number of likely N-dealkylation sites (N-methyl/N-ethyl adjacent to an activating group) is 1. The summed E-state index contributed by atoms with van der Waals surface area (Å²) >= 11 is 5.85. The molecule has 2 aromatic rings. The Morgan fingerprint density at radius 1 is 1.26 bits per heavy atom. The van der Waals surface area contributed by atoms with Crippen LogP contribution in [0.5, 0.6) is 0 Å². The molecule has 0 atom stereocenters. The number of nitrogens with one attached hydrogen (secondary N) is 1. The van der Waals surface area contributed by atoms with Crippen molar-refractivity contribution in [3.8, 4) is 0 Å². The second-order valence-corrected chi connectivity index (χ2v) is 6.40. The van der Waals surface area contributed by atoms with Gasteiger partial charge in [-0.3, -0.25) is 19.1 Å². The van der Waals surface area contributed by atoms with Crippen LogP contribution in [0.2, 0.25) is 5.02 Å². The van der Waals surface area contributed by atoms with Gasteiger partial charge in [-0.25, -0.2) is 4.79 Å². The van der Waals surface area contributed by atoms with E-state index in [-0.39, 0.29) is 18.1 Å². The number of nitrogen functional groups attached to an aromatic ring is 1. The molecule has 0 aliphatic heterocycles. The molecule has 1 aromatic carbocycles. The van der Waals surface area contributed by atoms with E-state index in [1.165, 1.54) is 15.5 Å². The maximum absolute atomic E-state index is 12.6. The molecule has 0 aliphatic rings. The molecule has 1 amide bonds. The van der Waals surface area contributed by atoms with Crippen molar-refractivity contribution in [2.24, 2.45) is 0 Å². The number of benzene rings is 1. The highest BCUT2D eigenvalue weighted by Crippen LogP contribution is 2.18. The van der Waals surface area contributed by atoms with Crippen molar-refractivity contribution >= 4 is 35.1 Å². The molecular formula is C19H23ClN4O3. The number of nitrogens with zero attached hydrogens (tertiary/aromatic N) is 2. The van der Waals surface area contributed by atoms with Gasteiger partial charge >= 0.3 is 5.69 Å². The van der Waals surface area contributed by atoms with Crippen molar-refractivity contribution in [1.82, 2.24) is 9.55 Å². The van der Waals surface area contributed by atoms with Gasteiger partial charge in [0.05, 0.1) is 0 Å². The first-order valence-corrected chi connectivity index (χ1v) is 9.14. The Morgan fingerprint density at radius 3 is 2.52 bits per heavy atom. The number of carbonyl (C=O) groups is 1. The number of unbranched alkanes of at least 4 members (excludes halogenated alkanes) is 1. The number of carbonyl (C=O) groups excluding carboxylic acids is 1. The average molecular weight is 391 g/mol. The zero-order valence-electron chi connectivity index (χ0n) is 15.4. The van der Waals surface area contributed by atoms with Crippen LogP contribution in [0.4, 0.5) is 11.5 Å². The molecule has 0 bridgehead atoms. The largest absolute Gasteiger partial charge is 0.383 e. The molecule has 27 heavy (non-hydrogen) atoms. The Hall–Kier alpha value is -2.80. The number of hydrogen-bond acceptors (Lipinski definition) is 4. The molecule has 3 N–H and O–H groups in total. The Kier molecular flexibility index (Phi) is 7.01. The number of hydrogen-bond donors (Lipinski definition) is 2. The standard InChI is InChI=1S/C19H23ClN4O3/c1-3-5-12-24-17(21)16(18(26)22-19(24)27)23(4-2)15(25)11-8-13-6-9-14(20)10-7-13/h6-11H,3-5,12,21H2,1-2H3,(H,22,26,27)/b11-8+. The molecule has 0 aliphatic carbocycles. The molecule has 7 nitrogen and oxygen atoms in total. The van der Waals surface area contributed by atoms with E-state index in [1.807, 2.05) is 6.92 Å². The van der Waals surface area contributed by atoms with Crippen LogP contribution >= 0.6 is 11.6 Å². The minimum absolute atomic E-state index is 0.00714. The topological polar surface area (TPSA) is 101 Å². The smallest absolute Gasteiger partial charge is 0.330 e. The summed E-state index contributed by atoms with van der Waals surface area (Å²) in [7, 11) is 0. The van der Waals surface area contributed by atoms with E-state index in [2.05, 4.69) is 4.98 Å². The van der Waals surface area contributed by atoms with E-state index in [1.54, 1.807) is 37.3 Å². The fraction of sp³-hybridized carbons (Fsp3) is 0.316. The highest BCUT2D eigenvalue weighted by molar-refractivity contribution is 6.30. The molecule has 1 heterocycles. The third-order valence-electron chi connectivity index (χ3n) is 4.09. The first-order valence-electron chi connectivity index (χ1n) is 8.76. The minimum atomic E-state index is -0.680. The van der Waals surface area contributed by atoms with Crippen LogP contribution in [0.3, 0.4) is 0 Å². The Balaban J connectivity index is 2.38. The third kappa shape index (κ3) is 4.89. The number of nitrogens with two attached hydrogens (primary N) is 1. The Labute approximate surface area is 162 Å². The number of anilines is 2. The number of aromatic amines is 1. The quantitative estimate of drug-likeness (QED) is 0.709. The van der Waals surface area contributed by atoms with E-state index >= 15 is 0 Å². The first-order chi connectivity index (χ1) is 12.9. The molecule has 0 saturated heterocycles. The highest BCUT2D eigenvalue weighted by atomic mass is 35.5. The van der Waals surface area contributed by atoms with Crippen LogP contribution in [0.25, 0.3) is 6.08 Å². The monoisotopic (exact) mass is 390 g/mol. The summed E-state index contributed by atoms with van der Waals surface area (Å²) in [5, 5.41) is 0.599. The molecule has 8 heteroatoms. The minimum Gasteiger partial charge on any atom is -0.383 e. The zero-order chi connectivity index (χ0) is 20.0. The summed E-state index contributed by atoms with van der Waals surface area (Å²) in [5.74, 6) is -0.419. The van der Waals surface area contributed by atoms with Crippen LogP contribution in [-0.4, -0.2) is 22.0 Å². The van der Waals surface area contributed by atoms with Crippen molar-refractivity contribution in [3.63, 3.8) is 0 Å². The molecule has 1 aromatic heterocycles. The van der Waals surface area contributed by atoms with Gasteiger partial charge in [-0.2, -0.15) is 0 Å². The number of aromatic nitrogens is 2. The molecule has 0 unspecified atom stereocenters. The van der Waals surface area contributed by atoms with E-state index in [0.29, 0.717) is 11.6 Å². The van der Waals surface area contributed by atoms with Crippen LogP contribution in [0, 0.1) is 0 Å². The second-order valence-electron chi connectivity index (χ2n) is 5.97. The normalized spacial score (nSPS) is 11.1. The lowest BCUT2D eigenvalue weighted by atomic mass is 10.2. The third-order valence-corrected chi connectivity index (χ3v) is 4.34. The van der Waals surface area contributed by atoms with Gasteiger partial charge in [0.2, 0.25) is 0 Å². The maximum Gasteiger partial charge on any atom is 0.330 e. The Bertz CT molecular complexity index is 945. The second kappa shape index (κ2) is 9.23. The zero-order valence-corrected chi connectivity index (χ0v) is 16.1. The van der Waals surface area contributed by atoms with Crippen molar-refractivity contribution in [2.75, 3.05) is 17.2 Å². The number of amides is 1. The predicted molar refractivity (Wildman–Crippen MR) is 109 cm³/mol. The molecule has 0 spiro atoms. The lowest BCUT2D eigenvalue weighted by Crippen LogP contribution is -2.40. The molecule has 144 valence electrons. The van der Waals surface area contributed by atoms with Crippen molar-refractivity contribution < 1.29 is 4.79 Å². The maximum atomic E-state index is 12.6. The van der Waals surface area contributed by atoms with Crippen molar-refractivity contribution in [3.05, 3.63) is 61.8 Å². The molecule has 0 radical (unpaired) electrons. The van der Waals surface area contributed by atoms with Crippen LogP contribution < -0.4 is 21.9 Å². The number of halogens is 1. The molecule has 2 rings (SSSR count). The van der Waals surface area contributed by atoms with Gasteiger partial charge in [0.1, 0.15) is 5.82 Å². The van der Waals surface area contributed by atoms with Crippen LogP contribution in [-0.2, 0) is 11.3 Å². The van der Waals surface area contributed by atoms with Crippen LogP contribution in [0.1, 0.15) is 32.3 Å². The van der Waals surface area contributed by atoms with Gasteiger partial charge in [0.25, 0.3) is 11.5 Å². The lowest BCUT2D eigenvalue weighted by molar-refractivity contribution is -0.114. The average Bonchev–Trinajstić information content (AvgIpc) is 2.64. The van der Waals surface area contributed by atoms with E-state index in [0.717, 1.165) is 18.4 Å². The van der Waals surface area contributed by atoms with Crippen LogP contribution in [0.15, 0.2) is 39.9 Å². The summed E-state index contributed by atoms with van der Waals surface area (Å²) in [6.45, 7) is 4.31. The van der Waals surface area contributed by atoms with Gasteiger partial charge < -0.3 is 10.6 Å². The highest BCUT2D eigenvalue weighted by Gasteiger charge is 2.21. The van der Waals surface area contributed by atoms with Crippen molar-refractivity contribution in [1.29, 1.82) is 0 Å². The Morgan fingerprint density at radius 2 is 1.93 bits per heavy atom. The summed E-state index contributed by atoms with van der Waals surface area (Å²) in [4.78, 5) is 40.5. The summed E-state index contributed by atoms with van der Waals surface area (Å²) in [5.41, 5.74) is 5.60. The lowest BCUT2D eigenvalue weighted by Gasteiger charge is -2.21. The fourth-order valence-corrected chi connectivity index (χ4v) is 2.76. The van der Waals surface area contributed by atoms with Gasteiger partial charge in [-0.1, -0.05) is 37.1 Å². The number of H-pyrrole nitrogens is 1. The number of rotatable bonds is 7. The van der Waals surface area contributed by atoms with E-state index in [4.69, 9.17) is 17.3 Å². The first kappa shape index (κ1) is 20.5. The predicted octanol–water partition coefficient (Wildman–Crippen LogP) is 2.64. The summed E-state index contributed by atoms with van der Waals surface area (Å²) < 4.78 is 1.29. The SMILES string of the molecule is CCCCn1c(N)c(N(CC)C(=O)/C=C/c2ccc(Cl)cc2)c(=O)[nH]c1=O. The van der Waals surface area contributed by atoms with E-state index in [9.17, 15) is 14.4 Å². The van der Waals surface area contributed by atoms with Gasteiger partial charge in [0.15, 0.2) is 5.69 Å². The van der Waals surface area contributed by atoms with Gasteiger partial charge in [-0.15, -0.1) is 0 Å². The van der Waals surface area contributed by atoms with E-state index < -0.39 is 17.2 Å². The molecule has 0 saturated carbocycles. The molecule has 0 fully saturated rings. The molecular weight excluding hydrogens is 368 g/mol. The fourth-order valence-electron chi connectivity index (χ4n) is 2.63. The summed E-state index contributed by atoms with van der Waals surface area (Å²) in [6, 6.07) is 6.98.